The topological polar surface area (TPSA) is 54.4 Å². The van der Waals surface area contributed by atoms with Gasteiger partial charge in [-0.3, -0.25) is 4.79 Å². The SMILES string of the molecule is CCCCC=C(C(=O)O)C(=O)CBr. The van der Waals surface area contributed by atoms with E-state index in [1.807, 2.05) is 6.92 Å². The Morgan fingerprint density at radius 3 is 2.46 bits per heavy atom. The molecular weight excluding hydrogens is 236 g/mol. The van der Waals surface area contributed by atoms with Crippen molar-refractivity contribution in [2.75, 3.05) is 5.33 Å². The molecule has 74 valence electrons. The molecule has 0 unspecified atom stereocenters. The number of hydrogen-bond donors (Lipinski definition) is 1. The van der Waals surface area contributed by atoms with E-state index in [0.717, 1.165) is 12.8 Å². The summed E-state index contributed by atoms with van der Waals surface area (Å²) in [5, 5.41) is 8.73. The molecule has 3 nitrogen and oxygen atoms in total. The minimum atomic E-state index is -1.14. The summed E-state index contributed by atoms with van der Waals surface area (Å²) in [4.78, 5) is 21.6. The number of aliphatic carboxylic acids is 1. The number of carboxylic acid groups (broad SMARTS) is 1. The Morgan fingerprint density at radius 1 is 1.46 bits per heavy atom. The van der Waals surface area contributed by atoms with E-state index in [1.165, 1.54) is 6.08 Å². The van der Waals surface area contributed by atoms with Gasteiger partial charge in [0.25, 0.3) is 0 Å². The van der Waals surface area contributed by atoms with Crippen LogP contribution in [0.4, 0.5) is 0 Å². The van der Waals surface area contributed by atoms with Gasteiger partial charge >= 0.3 is 5.97 Å². The Bertz CT molecular complexity index is 221. The summed E-state index contributed by atoms with van der Waals surface area (Å²) >= 11 is 2.94. The quantitative estimate of drug-likeness (QED) is 0.258. The molecule has 0 aliphatic rings. The van der Waals surface area contributed by atoms with E-state index in [-0.39, 0.29) is 16.7 Å². The summed E-state index contributed by atoms with van der Waals surface area (Å²) in [5.41, 5.74) is -0.106. The third-order valence-electron chi connectivity index (χ3n) is 1.56. The van der Waals surface area contributed by atoms with Gasteiger partial charge in [-0.1, -0.05) is 41.8 Å². The van der Waals surface area contributed by atoms with Crippen molar-refractivity contribution in [3.8, 4) is 0 Å². The molecule has 0 aromatic carbocycles. The second-order valence-electron chi connectivity index (χ2n) is 2.62. The molecular formula is C9H13BrO3. The summed E-state index contributed by atoms with van der Waals surface area (Å²) in [7, 11) is 0. The van der Waals surface area contributed by atoms with Gasteiger partial charge < -0.3 is 5.11 Å². The van der Waals surface area contributed by atoms with Crippen LogP contribution in [0.2, 0.25) is 0 Å². The highest BCUT2D eigenvalue weighted by Crippen LogP contribution is 2.04. The van der Waals surface area contributed by atoms with Crippen LogP contribution in [0.1, 0.15) is 26.2 Å². The molecule has 0 aromatic heterocycles. The van der Waals surface area contributed by atoms with E-state index < -0.39 is 5.97 Å². The van der Waals surface area contributed by atoms with Crippen LogP contribution in [0.25, 0.3) is 0 Å². The first-order valence-corrected chi connectivity index (χ1v) is 5.28. The Kier molecular flexibility index (Phi) is 6.49. The van der Waals surface area contributed by atoms with Crippen LogP contribution in [0, 0.1) is 0 Å². The monoisotopic (exact) mass is 248 g/mol. The van der Waals surface area contributed by atoms with E-state index in [4.69, 9.17) is 5.11 Å². The molecule has 0 saturated carbocycles. The van der Waals surface area contributed by atoms with Crippen molar-refractivity contribution in [1.29, 1.82) is 0 Å². The van der Waals surface area contributed by atoms with Gasteiger partial charge in [0.2, 0.25) is 0 Å². The van der Waals surface area contributed by atoms with Gasteiger partial charge in [0.15, 0.2) is 5.78 Å². The fourth-order valence-corrected chi connectivity index (χ4v) is 1.14. The van der Waals surface area contributed by atoms with Crippen molar-refractivity contribution in [2.45, 2.75) is 26.2 Å². The number of alkyl halides is 1. The van der Waals surface area contributed by atoms with Gasteiger partial charge in [0, 0.05) is 0 Å². The lowest BCUT2D eigenvalue weighted by molar-refractivity contribution is -0.134. The zero-order chi connectivity index (χ0) is 10.3. The summed E-state index contributed by atoms with van der Waals surface area (Å²) in [6.45, 7) is 2.01. The molecule has 0 fully saturated rings. The molecule has 0 radical (unpaired) electrons. The van der Waals surface area contributed by atoms with Gasteiger partial charge in [-0.15, -0.1) is 0 Å². The van der Waals surface area contributed by atoms with E-state index >= 15 is 0 Å². The van der Waals surface area contributed by atoms with Crippen molar-refractivity contribution in [2.24, 2.45) is 0 Å². The number of carboxylic acids is 1. The van der Waals surface area contributed by atoms with E-state index in [0.29, 0.717) is 6.42 Å². The molecule has 0 heterocycles. The Hall–Kier alpha value is -0.640. The lowest BCUT2D eigenvalue weighted by Crippen LogP contribution is -2.13. The average molecular weight is 249 g/mol. The number of Topliss-reactive ketones (excluding diaryl/α,β-unsaturated/α-hetero) is 1. The fourth-order valence-electron chi connectivity index (χ4n) is 0.843. The lowest BCUT2D eigenvalue weighted by Gasteiger charge is -1.97. The van der Waals surface area contributed by atoms with Gasteiger partial charge in [-0.25, -0.2) is 4.79 Å². The number of ketones is 1. The van der Waals surface area contributed by atoms with Crippen LogP contribution in [0.3, 0.4) is 0 Å². The number of rotatable bonds is 6. The van der Waals surface area contributed by atoms with Crippen LogP contribution in [-0.2, 0) is 9.59 Å². The maximum Gasteiger partial charge on any atom is 0.339 e. The fraction of sp³-hybridized carbons (Fsp3) is 0.556. The summed E-state index contributed by atoms with van der Waals surface area (Å²) in [6, 6.07) is 0. The predicted octanol–water partition coefficient (Wildman–Crippen LogP) is 2.15. The van der Waals surface area contributed by atoms with Crippen molar-refractivity contribution in [3.63, 3.8) is 0 Å². The molecule has 0 aliphatic carbocycles. The number of carbonyl (C=O) groups is 2. The van der Waals surface area contributed by atoms with Gasteiger partial charge in [0.1, 0.15) is 0 Å². The molecule has 0 aromatic rings. The molecule has 0 aliphatic heterocycles. The summed E-state index contributed by atoms with van der Waals surface area (Å²) < 4.78 is 0. The molecule has 0 atom stereocenters. The van der Waals surface area contributed by atoms with E-state index in [1.54, 1.807) is 0 Å². The van der Waals surface area contributed by atoms with Gasteiger partial charge in [0.05, 0.1) is 10.9 Å². The lowest BCUT2D eigenvalue weighted by atomic mass is 10.1. The minimum absolute atomic E-state index is 0.0667. The first-order valence-electron chi connectivity index (χ1n) is 4.16. The predicted molar refractivity (Wildman–Crippen MR) is 54.0 cm³/mol. The van der Waals surface area contributed by atoms with Crippen LogP contribution < -0.4 is 0 Å². The largest absolute Gasteiger partial charge is 0.478 e. The third kappa shape index (κ3) is 4.83. The maximum absolute atomic E-state index is 11.1. The number of carbonyl (C=O) groups excluding carboxylic acids is 1. The van der Waals surface area contributed by atoms with Crippen molar-refractivity contribution < 1.29 is 14.7 Å². The molecule has 13 heavy (non-hydrogen) atoms. The number of hydrogen-bond acceptors (Lipinski definition) is 2. The van der Waals surface area contributed by atoms with E-state index in [9.17, 15) is 9.59 Å². The van der Waals surface area contributed by atoms with Crippen LogP contribution >= 0.6 is 15.9 Å². The standard InChI is InChI=1S/C9H13BrO3/c1-2-3-4-5-7(9(12)13)8(11)6-10/h5H,2-4,6H2,1H3,(H,12,13). The van der Waals surface area contributed by atoms with Gasteiger partial charge in [-0.05, 0) is 6.42 Å². The smallest absolute Gasteiger partial charge is 0.339 e. The average Bonchev–Trinajstić information content (AvgIpc) is 2.11. The number of halogens is 1. The molecule has 0 saturated heterocycles. The highest BCUT2D eigenvalue weighted by atomic mass is 79.9. The summed E-state index contributed by atoms with van der Waals surface area (Å²) in [5.74, 6) is -1.51. The van der Waals surface area contributed by atoms with Crippen LogP contribution in [0.15, 0.2) is 11.6 Å². The maximum atomic E-state index is 11.1. The van der Waals surface area contributed by atoms with Crippen molar-refractivity contribution >= 4 is 27.7 Å². The number of unbranched alkanes of at least 4 members (excludes halogenated alkanes) is 2. The Balaban J connectivity index is 4.32. The van der Waals surface area contributed by atoms with Crippen LogP contribution in [0.5, 0.6) is 0 Å². The Labute approximate surface area is 86.0 Å². The molecule has 0 spiro atoms. The number of allylic oxidation sites excluding steroid dienone is 1. The molecule has 4 heteroatoms. The normalized spacial score (nSPS) is 11.4. The Morgan fingerprint density at radius 2 is 2.08 bits per heavy atom. The first-order chi connectivity index (χ1) is 6.13. The molecule has 0 amide bonds. The highest BCUT2D eigenvalue weighted by molar-refractivity contribution is 9.09. The van der Waals surface area contributed by atoms with E-state index in [2.05, 4.69) is 15.9 Å². The second kappa shape index (κ2) is 6.83. The first kappa shape index (κ1) is 12.4. The minimum Gasteiger partial charge on any atom is -0.478 e. The molecule has 1 N–H and O–H groups in total. The van der Waals surface area contributed by atoms with Crippen molar-refractivity contribution in [1.82, 2.24) is 0 Å². The van der Waals surface area contributed by atoms with Crippen LogP contribution in [-0.4, -0.2) is 22.2 Å². The van der Waals surface area contributed by atoms with Gasteiger partial charge in [-0.2, -0.15) is 0 Å². The van der Waals surface area contributed by atoms with Crippen molar-refractivity contribution in [3.05, 3.63) is 11.6 Å². The zero-order valence-electron chi connectivity index (χ0n) is 7.55. The summed E-state index contributed by atoms with van der Waals surface area (Å²) in [6.07, 6.45) is 4.05. The zero-order valence-corrected chi connectivity index (χ0v) is 9.13. The third-order valence-corrected chi connectivity index (χ3v) is 2.07. The molecule has 0 bridgehead atoms. The highest BCUT2D eigenvalue weighted by Gasteiger charge is 2.14. The second-order valence-corrected chi connectivity index (χ2v) is 3.18. The molecule has 0 rings (SSSR count).